The summed E-state index contributed by atoms with van der Waals surface area (Å²) in [5.41, 5.74) is 9.36. The van der Waals surface area contributed by atoms with Crippen molar-refractivity contribution >= 4 is 10.9 Å². The highest BCUT2D eigenvalue weighted by molar-refractivity contribution is 5.87. The molecule has 0 bridgehead atoms. The molecular weight excluding hydrogens is 272 g/mol. The van der Waals surface area contributed by atoms with Gasteiger partial charge in [0.15, 0.2) is 0 Å². The van der Waals surface area contributed by atoms with Gasteiger partial charge in [-0.05, 0) is 44.5 Å². The zero-order valence-electron chi connectivity index (χ0n) is 13.2. The van der Waals surface area contributed by atoms with Crippen molar-refractivity contribution in [3.63, 3.8) is 0 Å². The number of nitrogens with two attached hydrogens (primary N) is 1. The number of aromatic nitrogens is 1. The molecular formula is C19H22N2O. The van der Waals surface area contributed by atoms with Gasteiger partial charge in [-0.15, -0.1) is 0 Å². The maximum absolute atomic E-state index is 6.20. The Morgan fingerprint density at radius 3 is 2.50 bits per heavy atom. The Kier molecular flexibility index (Phi) is 4.16. The number of fused-ring (bicyclic) bond motifs is 1. The van der Waals surface area contributed by atoms with Gasteiger partial charge in [-0.1, -0.05) is 35.9 Å². The molecule has 0 saturated heterocycles. The van der Waals surface area contributed by atoms with Crippen molar-refractivity contribution < 1.29 is 4.74 Å². The van der Waals surface area contributed by atoms with Crippen LogP contribution in [-0.4, -0.2) is 11.1 Å². The van der Waals surface area contributed by atoms with Crippen LogP contribution in [0.1, 0.15) is 17.5 Å². The van der Waals surface area contributed by atoms with Crippen LogP contribution in [0.25, 0.3) is 10.9 Å². The maximum Gasteiger partial charge on any atom is 0.204 e. The minimum absolute atomic E-state index is 0.688. The fraction of sp³-hybridized carbons (Fsp3) is 0.263. The van der Waals surface area contributed by atoms with Crippen molar-refractivity contribution in [2.75, 3.05) is 6.54 Å². The molecule has 0 amide bonds. The average Bonchev–Trinajstić information content (AvgIpc) is 2.80. The van der Waals surface area contributed by atoms with Crippen LogP contribution in [0.2, 0.25) is 0 Å². The Labute approximate surface area is 131 Å². The number of aryl methyl sites for hydroxylation is 3. The van der Waals surface area contributed by atoms with Crippen LogP contribution in [0.3, 0.4) is 0 Å². The SMILES string of the molecule is Cc1ccc(Oc2c(CCCN)c3ccccc3n2C)cc1. The Morgan fingerprint density at radius 2 is 1.77 bits per heavy atom. The topological polar surface area (TPSA) is 40.2 Å². The summed E-state index contributed by atoms with van der Waals surface area (Å²) < 4.78 is 8.33. The Bertz CT molecular complexity index is 772. The average molecular weight is 294 g/mol. The fourth-order valence-corrected chi connectivity index (χ4v) is 2.82. The first-order valence-corrected chi connectivity index (χ1v) is 7.71. The summed E-state index contributed by atoms with van der Waals surface area (Å²) in [5.74, 6) is 1.78. The minimum Gasteiger partial charge on any atom is -0.441 e. The third kappa shape index (κ3) is 2.72. The van der Waals surface area contributed by atoms with Crippen molar-refractivity contribution in [2.24, 2.45) is 12.8 Å². The van der Waals surface area contributed by atoms with Crippen LogP contribution in [0.15, 0.2) is 48.5 Å². The molecule has 0 spiro atoms. The Morgan fingerprint density at radius 1 is 1.05 bits per heavy atom. The van der Waals surface area contributed by atoms with Gasteiger partial charge in [0.2, 0.25) is 5.88 Å². The van der Waals surface area contributed by atoms with E-state index in [-0.39, 0.29) is 0 Å². The molecule has 0 atom stereocenters. The molecule has 0 unspecified atom stereocenters. The number of hydrogen-bond donors (Lipinski definition) is 1. The van der Waals surface area contributed by atoms with Gasteiger partial charge in [0.1, 0.15) is 5.75 Å². The molecule has 2 N–H and O–H groups in total. The van der Waals surface area contributed by atoms with E-state index in [0.717, 1.165) is 24.5 Å². The second-order valence-electron chi connectivity index (χ2n) is 5.67. The summed E-state index contributed by atoms with van der Waals surface area (Å²) in [6, 6.07) is 16.6. The van der Waals surface area contributed by atoms with Gasteiger partial charge < -0.3 is 15.0 Å². The van der Waals surface area contributed by atoms with Crippen molar-refractivity contribution in [2.45, 2.75) is 19.8 Å². The molecule has 114 valence electrons. The van der Waals surface area contributed by atoms with E-state index in [9.17, 15) is 0 Å². The lowest BCUT2D eigenvalue weighted by atomic mass is 10.1. The first-order valence-electron chi connectivity index (χ1n) is 7.71. The maximum atomic E-state index is 6.20. The van der Waals surface area contributed by atoms with Gasteiger partial charge in [-0.25, -0.2) is 0 Å². The highest BCUT2D eigenvalue weighted by Crippen LogP contribution is 2.35. The van der Waals surface area contributed by atoms with E-state index in [2.05, 4.69) is 54.9 Å². The van der Waals surface area contributed by atoms with Gasteiger partial charge >= 0.3 is 0 Å². The third-order valence-electron chi connectivity index (χ3n) is 4.02. The monoisotopic (exact) mass is 294 g/mol. The predicted molar refractivity (Wildman–Crippen MR) is 91.5 cm³/mol. The van der Waals surface area contributed by atoms with Crippen molar-refractivity contribution in [1.82, 2.24) is 4.57 Å². The highest BCUT2D eigenvalue weighted by Gasteiger charge is 2.16. The van der Waals surface area contributed by atoms with Crippen LogP contribution < -0.4 is 10.5 Å². The van der Waals surface area contributed by atoms with E-state index in [1.165, 1.54) is 22.0 Å². The molecule has 3 aromatic rings. The second kappa shape index (κ2) is 6.24. The molecule has 22 heavy (non-hydrogen) atoms. The zero-order chi connectivity index (χ0) is 15.5. The van der Waals surface area contributed by atoms with Gasteiger partial charge in [0.25, 0.3) is 0 Å². The van der Waals surface area contributed by atoms with Crippen molar-refractivity contribution in [3.8, 4) is 11.6 Å². The second-order valence-corrected chi connectivity index (χ2v) is 5.67. The van der Waals surface area contributed by atoms with Crippen LogP contribution in [-0.2, 0) is 13.5 Å². The van der Waals surface area contributed by atoms with E-state index in [1.807, 2.05) is 12.1 Å². The third-order valence-corrected chi connectivity index (χ3v) is 4.02. The van der Waals surface area contributed by atoms with Crippen molar-refractivity contribution in [3.05, 3.63) is 59.7 Å². The first kappa shape index (κ1) is 14.7. The largest absolute Gasteiger partial charge is 0.441 e. The quantitative estimate of drug-likeness (QED) is 0.767. The molecule has 0 aliphatic rings. The number of nitrogens with zero attached hydrogens (tertiary/aromatic N) is 1. The Hall–Kier alpha value is -2.26. The molecule has 3 nitrogen and oxygen atoms in total. The molecule has 0 radical (unpaired) electrons. The number of para-hydroxylation sites is 1. The molecule has 0 aliphatic carbocycles. The van der Waals surface area contributed by atoms with Crippen LogP contribution >= 0.6 is 0 Å². The number of hydrogen-bond acceptors (Lipinski definition) is 2. The lowest BCUT2D eigenvalue weighted by Gasteiger charge is -2.10. The number of benzene rings is 2. The summed E-state index contributed by atoms with van der Waals surface area (Å²) in [6.07, 6.45) is 1.89. The van der Waals surface area contributed by atoms with Crippen molar-refractivity contribution in [1.29, 1.82) is 0 Å². The summed E-state index contributed by atoms with van der Waals surface area (Å²) in [6.45, 7) is 2.76. The summed E-state index contributed by atoms with van der Waals surface area (Å²) >= 11 is 0. The summed E-state index contributed by atoms with van der Waals surface area (Å²) in [5, 5.41) is 1.25. The molecule has 0 fully saturated rings. The van der Waals surface area contributed by atoms with E-state index < -0.39 is 0 Å². The number of rotatable bonds is 5. The normalized spacial score (nSPS) is 11.0. The van der Waals surface area contributed by atoms with Gasteiger partial charge in [-0.2, -0.15) is 0 Å². The van der Waals surface area contributed by atoms with E-state index in [0.29, 0.717) is 6.54 Å². The molecule has 1 aromatic heterocycles. The lowest BCUT2D eigenvalue weighted by molar-refractivity contribution is 0.439. The highest BCUT2D eigenvalue weighted by atomic mass is 16.5. The molecule has 2 aromatic carbocycles. The molecule has 3 heteroatoms. The minimum atomic E-state index is 0.688. The Balaban J connectivity index is 2.06. The molecule has 3 rings (SSSR count). The van der Waals surface area contributed by atoms with Crippen LogP contribution in [0.4, 0.5) is 0 Å². The van der Waals surface area contributed by atoms with E-state index in [1.54, 1.807) is 0 Å². The van der Waals surface area contributed by atoms with Gasteiger partial charge in [0, 0.05) is 18.0 Å². The fourth-order valence-electron chi connectivity index (χ4n) is 2.82. The van der Waals surface area contributed by atoms with Crippen LogP contribution in [0.5, 0.6) is 11.6 Å². The zero-order valence-corrected chi connectivity index (χ0v) is 13.2. The van der Waals surface area contributed by atoms with E-state index in [4.69, 9.17) is 10.5 Å². The molecule has 1 heterocycles. The van der Waals surface area contributed by atoms with Gasteiger partial charge in [-0.3, -0.25) is 0 Å². The van der Waals surface area contributed by atoms with Gasteiger partial charge in [0.05, 0.1) is 5.52 Å². The molecule has 0 aliphatic heterocycles. The standard InChI is InChI=1S/C19H22N2O/c1-14-9-11-15(12-10-14)22-19-17(7-5-13-20)16-6-3-4-8-18(16)21(19)2/h3-4,6,8-12H,5,7,13,20H2,1-2H3. The lowest BCUT2D eigenvalue weighted by Crippen LogP contribution is -2.01. The smallest absolute Gasteiger partial charge is 0.204 e. The number of ether oxygens (including phenoxy) is 1. The first-order chi connectivity index (χ1) is 10.7. The predicted octanol–water partition coefficient (Wildman–Crippen LogP) is 4.17. The van der Waals surface area contributed by atoms with Crippen LogP contribution in [0, 0.1) is 6.92 Å². The summed E-state index contributed by atoms with van der Waals surface area (Å²) in [7, 11) is 2.05. The summed E-state index contributed by atoms with van der Waals surface area (Å²) in [4.78, 5) is 0. The molecule has 0 saturated carbocycles. The van der Waals surface area contributed by atoms with E-state index >= 15 is 0 Å².